The fourth-order valence-corrected chi connectivity index (χ4v) is 4.79. The number of piperidine rings is 1. The number of carbonyl (C=O) groups excluding carboxylic acids is 2. The third-order valence-corrected chi connectivity index (χ3v) is 6.70. The summed E-state index contributed by atoms with van der Waals surface area (Å²) in [4.78, 5) is 26.8. The molecule has 1 saturated heterocycles. The van der Waals surface area contributed by atoms with Gasteiger partial charge in [-0.15, -0.1) is 0 Å². The Bertz CT molecular complexity index is 724. The van der Waals surface area contributed by atoms with Crippen molar-refractivity contribution in [2.24, 2.45) is 11.8 Å². The Kier molecular flexibility index (Phi) is 8.37. The molecule has 0 spiro atoms. The summed E-state index contributed by atoms with van der Waals surface area (Å²) in [5, 5.41) is 3.16. The maximum atomic E-state index is 13.4. The molecule has 1 N–H and O–H groups in total. The molecule has 0 unspecified atom stereocenters. The molecule has 1 aliphatic carbocycles. The van der Waals surface area contributed by atoms with Gasteiger partial charge < -0.3 is 10.2 Å². The number of likely N-dealkylation sites (tertiary alicyclic amines) is 1. The number of rotatable bonds is 8. The van der Waals surface area contributed by atoms with Gasteiger partial charge in [0.25, 0.3) is 0 Å². The van der Waals surface area contributed by atoms with Crippen LogP contribution < -0.4 is 5.32 Å². The minimum absolute atomic E-state index is 0.0722. The molecule has 1 aromatic carbocycles. The van der Waals surface area contributed by atoms with E-state index in [-0.39, 0.29) is 23.2 Å². The molecule has 0 atom stereocenters. The lowest BCUT2D eigenvalue weighted by atomic mass is 9.83. The predicted molar refractivity (Wildman–Crippen MR) is 113 cm³/mol. The van der Waals surface area contributed by atoms with E-state index in [1.165, 1.54) is 18.9 Å². The Labute approximate surface area is 178 Å². The lowest BCUT2D eigenvalue weighted by Crippen LogP contribution is -2.39. The molecule has 1 aliphatic heterocycles. The Morgan fingerprint density at radius 3 is 2.37 bits per heavy atom. The van der Waals surface area contributed by atoms with Gasteiger partial charge in [-0.3, -0.25) is 9.59 Å². The molecule has 0 aromatic heterocycles. The molecule has 0 radical (unpaired) electrons. The SMILES string of the molecule is CCCC(=O)NC1CCC(CCN2CCC(C(=O)c3ccc(F)c(F)c3)CC2)CC1. The van der Waals surface area contributed by atoms with Gasteiger partial charge in [-0.2, -0.15) is 0 Å². The first-order valence-electron chi connectivity index (χ1n) is 11.5. The molecular formula is C24H34F2N2O2. The van der Waals surface area contributed by atoms with E-state index in [0.29, 0.717) is 18.4 Å². The molecule has 2 aliphatic rings. The van der Waals surface area contributed by atoms with Crippen LogP contribution >= 0.6 is 0 Å². The van der Waals surface area contributed by atoms with E-state index in [4.69, 9.17) is 0 Å². The predicted octanol–water partition coefficient (Wildman–Crippen LogP) is 4.72. The van der Waals surface area contributed by atoms with Crippen LogP contribution in [0.3, 0.4) is 0 Å². The van der Waals surface area contributed by atoms with E-state index in [2.05, 4.69) is 10.2 Å². The Balaban J connectivity index is 1.35. The lowest BCUT2D eigenvalue weighted by molar-refractivity contribution is -0.122. The first-order chi connectivity index (χ1) is 14.5. The third kappa shape index (κ3) is 6.34. The summed E-state index contributed by atoms with van der Waals surface area (Å²) >= 11 is 0. The molecule has 1 aromatic rings. The Morgan fingerprint density at radius 2 is 1.73 bits per heavy atom. The zero-order chi connectivity index (χ0) is 21.5. The summed E-state index contributed by atoms with van der Waals surface area (Å²) in [6.07, 6.45) is 8.71. The van der Waals surface area contributed by atoms with E-state index in [1.54, 1.807) is 0 Å². The van der Waals surface area contributed by atoms with E-state index in [1.807, 2.05) is 6.92 Å². The van der Waals surface area contributed by atoms with Crippen LogP contribution in [-0.4, -0.2) is 42.3 Å². The molecule has 0 bridgehead atoms. The highest BCUT2D eigenvalue weighted by Crippen LogP contribution is 2.28. The molecule has 2 fully saturated rings. The average molecular weight is 421 g/mol. The molecule has 166 valence electrons. The summed E-state index contributed by atoms with van der Waals surface area (Å²) in [6, 6.07) is 3.78. The second-order valence-corrected chi connectivity index (χ2v) is 8.93. The van der Waals surface area contributed by atoms with Crippen LogP contribution in [-0.2, 0) is 4.79 Å². The molecule has 30 heavy (non-hydrogen) atoms. The number of ketones is 1. The van der Waals surface area contributed by atoms with Crippen molar-refractivity contribution in [2.45, 2.75) is 70.8 Å². The van der Waals surface area contributed by atoms with Gasteiger partial charge in [-0.05, 0) is 95.1 Å². The second kappa shape index (κ2) is 11.0. The van der Waals surface area contributed by atoms with Crippen molar-refractivity contribution in [1.82, 2.24) is 10.2 Å². The first-order valence-corrected chi connectivity index (χ1v) is 11.5. The minimum Gasteiger partial charge on any atom is -0.353 e. The number of nitrogens with zero attached hydrogens (tertiary/aromatic N) is 1. The first kappa shape index (κ1) is 22.9. The highest BCUT2D eigenvalue weighted by molar-refractivity contribution is 5.97. The molecule has 1 amide bonds. The van der Waals surface area contributed by atoms with Crippen molar-refractivity contribution in [3.05, 3.63) is 35.4 Å². The van der Waals surface area contributed by atoms with Crippen LogP contribution in [0.4, 0.5) is 8.78 Å². The lowest BCUT2D eigenvalue weighted by Gasteiger charge is -2.34. The maximum Gasteiger partial charge on any atom is 0.220 e. The largest absolute Gasteiger partial charge is 0.353 e. The standard InChI is InChI=1S/C24H34F2N2O2/c1-2-3-23(29)27-20-7-4-17(5-8-20)10-13-28-14-11-18(12-15-28)24(30)19-6-9-21(25)22(26)16-19/h6,9,16-18,20H,2-5,7-8,10-15H2,1H3,(H,27,29). The van der Waals surface area contributed by atoms with Crippen LogP contribution in [0.2, 0.25) is 0 Å². The number of benzene rings is 1. The summed E-state index contributed by atoms with van der Waals surface area (Å²) in [6.45, 7) is 4.83. The number of halogens is 2. The van der Waals surface area contributed by atoms with Crippen molar-refractivity contribution in [3.63, 3.8) is 0 Å². The molecular weight excluding hydrogens is 386 g/mol. The summed E-state index contributed by atoms with van der Waals surface area (Å²) < 4.78 is 26.5. The van der Waals surface area contributed by atoms with E-state index in [0.717, 1.165) is 70.3 Å². The van der Waals surface area contributed by atoms with Crippen molar-refractivity contribution < 1.29 is 18.4 Å². The van der Waals surface area contributed by atoms with Gasteiger partial charge in [-0.1, -0.05) is 6.92 Å². The van der Waals surface area contributed by atoms with Crippen LogP contribution in [0.5, 0.6) is 0 Å². The van der Waals surface area contributed by atoms with Gasteiger partial charge in [0, 0.05) is 23.9 Å². The Hall–Kier alpha value is -1.82. The molecule has 3 rings (SSSR count). The summed E-state index contributed by atoms with van der Waals surface area (Å²) in [7, 11) is 0. The van der Waals surface area contributed by atoms with Gasteiger partial charge in [0.2, 0.25) is 5.91 Å². The van der Waals surface area contributed by atoms with Crippen molar-refractivity contribution >= 4 is 11.7 Å². The van der Waals surface area contributed by atoms with Crippen LogP contribution in [0.1, 0.15) is 75.1 Å². The van der Waals surface area contributed by atoms with E-state index >= 15 is 0 Å². The van der Waals surface area contributed by atoms with Crippen LogP contribution in [0.25, 0.3) is 0 Å². The minimum atomic E-state index is -0.960. The normalized spacial score (nSPS) is 23.3. The fraction of sp³-hybridized carbons (Fsp3) is 0.667. The molecule has 6 heteroatoms. The summed E-state index contributed by atoms with van der Waals surface area (Å²) in [5.41, 5.74) is 0.273. The summed E-state index contributed by atoms with van der Waals surface area (Å²) in [5.74, 6) is -1.16. The van der Waals surface area contributed by atoms with Crippen molar-refractivity contribution in [2.75, 3.05) is 19.6 Å². The van der Waals surface area contributed by atoms with Gasteiger partial charge in [0.1, 0.15) is 0 Å². The third-order valence-electron chi connectivity index (χ3n) is 6.70. The van der Waals surface area contributed by atoms with Gasteiger partial charge in [0.05, 0.1) is 0 Å². The Morgan fingerprint density at radius 1 is 1.03 bits per heavy atom. The second-order valence-electron chi connectivity index (χ2n) is 8.93. The van der Waals surface area contributed by atoms with Crippen molar-refractivity contribution in [3.8, 4) is 0 Å². The number of nitrogens with one attached hydrogen (secondary N) is 1. The van der Waals surface area contributed by atoms with Crippen LogP contribution in [0.15, 0.2) is 18.2 Å². The molecule has 1 heterocycles. The topological polar surface area (TPSA) is 49.4 Å². The van der Waals surface area contributed by atoms with E-state index < -0.39 is 11.6 Å². The average Bonchev–Trinajstić information content (AvgIpc) is 2.75. The van der Waals surface area contributed by atoms with E-state index in [9.17, 15) is 18.4 Å². The monoisotopic (exact) mass is 420 g/mol. The number of hydrogen-bond donors (Lipinski definition) is 1. The van der Waals surface area contributed by atoms with Gasteiger partial charge in [0.15, 0.2) is 17.4 Å². The zero-order valence-corrected chi connectivity index (χ0v) is 18.0. The van der Waals surface area contributed by atoms with Crippen molar-refractivity contribution in [1.29, 1.82) is 0 Å². The zero-order valence-electron chi connectivity index (χ0n) is 18.0. The molecule has 4 nitrogen and oxygen atoms in total. The number of hydrogen-bond acceptors (Lipinski definition) is 3. The smallest absolute Gasteiger partial charge is 0.220 e. The number of amides is 1. The number of Topliss-reactive ketones (excluding diaryl/α,β-unsaturated/α-hetero) is 1. The van der Waals surface area contributed by atoms with Crippen LogP contribution in [0, 0.1) is 23.5 Å². The molecule has 1 saturated carbocycles. The fourth-order valence-electron chi connectivity index (χ4n) is 4.79. The maximum absolute atomic E-state index is 13.4. The highest BCUT2D eigenvalue weighted by Gasteiger charge is 2.27. The quantitative estimate of drug-likeness (QED) is 0.619. The van der Waals surface area contributed by atoms with Gasteiger partial charge in [-0.25, -0.2) is 8.78 Å². The van der Waals surface area contributed by atoms with Gasteiger partial charge >= 0.3 is 0 Å². The number of carbonyl (C=O) groups is 2. The highest BCUT2D eigenvalue weighted by atomic mass is 19.2.